The van der Waals surface area contributed by atoms with Gasteiger partial charge in [-0.2, -0.15) is 0 Å². The Morgan fingerprint density at radius 2 is 1.63 bits per heavy atom. The third kappa shape index (κ3) is 6.91. The van der Waals surface area contributed by atoms with E-state index >= 15 is 0 Å². The molecule has 1 N–H and O–H groups in total. The molecule has 1 aliphatic rings. The lowest BCUT2D eigenvalue weighted by Crippen LogP contribution is -2.38. The van der Waals surface area contributed by atoms with Gasteiger partial charge in [0.1, 0.15) is 12.4 Å². The van der Waals surface area contributed by atoms with Crippen LogP contribution in [0.15, 0.2) is 65.6 Å². The lowest BCUT2D eigenvalue weighted by molar-refractivity contribution is -0.114. The average molecular weight is 604 g/mol. The molecule has 2 amide bonds. The second-order valence-electron chi connectivity index (χ2n) is 9.43. The van der Waals surface area contributed by atoms with Gasteiger partial charge in [-0.3, -0.25) is 13.9 Å². The van der Waals surface area contributed by atoms with Gasteiger partial charge >= 0.3 is 0 Å². The summed E-state index contributed by atoms with van der Waals surface area (Å²) in [7, 11) is -1.62. The van der Waals surface area contributed by atoms with E-state index in [4.69, 9.17) is 21.1 Å². The number of amides is 2. The van der Waals surface area contributed by atoms with E-state index < -0.39 is 28.3 Å². The first-order valence-corrected chi connectivity index (χ1v) is 14.9. The molecule has 218 valence electrons. The molecule has 12 heteroatoms. The molecular weight excluding hydrogens is 573 g/mol. The normalized spacial score (nSPS) is 13.7. The third-order valence-corrected chi connectivity index (χ3v) is 8.81. The molecule has 0 saturated carbocycles. The predicted molar refractivity (Wildman–Crippen MR) is 155 cm³/mol. The van der Waals surface area contributed by atoms with E-state index in [-0.39, 0.29) is 32.9 Å². The summed E-state index contributed by atoms with van der Waals surface area (Å²) < 4.78 is 52.9. The second kappa shape index (κ2) is 13.2. The molecular formula is C29H31ClFN3O6S. The topological polar surface area (TPSA) is 105 Å². The largest absolute Gasteiger partial charge is 0.493 e. The highest BCUT2D eigenvalue weighted by Crippen LogP contribution is 2.33. The number of nitrogens with one attached hydrogen (secondary N) is 1. The standard InChI is InChI=1S/C29H31ClFN3O6S/c1-39-26-14-12-21(18-27(26)40-2)41(37,38)34(20-11-13-24(31)23(30)17-20)19-28(35)32-25-10-6-5-9-22(25)29(36)33-15-7-3-4-8-16-33/h5-6,9-14,17-18H,3-4,7-8,15-16,19H2,1-2H3,(H,32,35). The Hall–Kier alpha value is -3.83. The Morgan fingerprint density at radius 1 is 0.951 bits per heavy atom. The number of benzene rings is 3. The van der Waals surface area contributed by atoms with Crippen LogP contribution < -0.4 is 19.1 Å². The van der Waals surface area contributed by atoms with Crippen LogP contribution in [0.2, 0.25) is 5.02 Å². The van der Waals surface area contributed by atoms with Crippen molar-refractivity contribution in [2.75, 3.05) is 43.5 Å². The number of likely N-dealkylation sites (tertiary alicyclic amines) is 1. The number of hydrogen-bond acceptors (Lipinski definition) is 6. The van der Waals surface area contributed by atoms with Crippen molar-refractivity contribution in [1.82, 2.24) is 4.90 Å². The van der Waals surface area contributed by atoms with Crippen molar-refractivity contribution in [1.29, 1.82) is 0 Å². The average Bonchev–Trinajstić information content (AvgIpc) is 3.26. The number of carbonyl (C=O) groups excluding carboxylic acids is 2. The van der Waals surface area contributed by atoms with E-state index in [0.29, 0.717) is 24.4 Å². The van der Waals surface area contributed by atoms with Gasteiger partial charge < -0.3 is 19.7 Å². The molecule has 1 fully saturated rings. The van der Waals surface area contributed by atoms with E-state index in [1.54, 1.807) is 29.2 Å². The van der Waals surface area contributed by atoms with Gasteiger partial charge in [0.15, 0.2) is 11.5 Å². The van der Waals surface area contributed by atoms with Crippen LogP contribution in [-0.2, 0) is 14.8 Å². The number of ether oxygens (including phenoxy) is 2. The van der Waals surface area contributed by atoms with Gasteiger partial charge in [0.2, 0.25) is 5.91 Å². The van der Waals surface area contributed by atoms with Crippen LogP contribution in [0.25, 0.3) is 0 Å². The molecule has 0 radical (unpaired) electrons. The molecule has 3 aromatic rings. The first-order valence-electron chi connectivity index (χ1n) is 13.0. The molecule has 0 aromatic heterocycles. The number of methoxy groups -OCH3 is 2. The minimum absolute atomic E-state index is 0.0322. The smallest absolute Gasteiger partial charge is 0.264 e. The Morgan fingerprint density at radius 3 is 2.29 bits per heavy atom. The molecule has 1 saturated heterocycles. The molecule has 1 aliphatic heterocycles. The molecule has 1 heterocycles. The molecule has 0 atom stereocenters. The lowest BCUT2D eigenvalue weighted by Gasteiger charge is -2.25. The van der Waals surface area contributed by atoms with E-state index in [0.717, 1.165) is 42.1 Å². The van der Waals surface area contributed by atoms with Crippen molar-refractivity contribution in [3.05, 3.63) is 77.1 Å². The van der Waals surface area contributed by atoms with Gasteiger partial charge in [-0.1, -0.05) is 36.6 Å². The Balaban J connectivity index is 1.66. The van der Waals surface area contributed by atoms with Gasteiger partial charge in [-0.25, -0.2) is 12.8 Å². The Kier molecular flexibility index (Phi) is 9.72. The third-order valence-electron chi connectivity index (χ3n) is 6.75. The fourth-order valence-corrected chi connectivity index (χ4v) is 6.21. The highest BCUT2D eigenvalue weighted by Gasteiger charge is 2.30. The minimum atomic E-state index is -4.40. The number of hydrogen-bond donors (Lipinski definition) is 1. The zero-order valence-corrected chi connectivity index (χ0v) is 24.3. The fourth-order valence-electron chi connectivity index (χ4n) is 4.60. The monoisotopic (exact) mass is 603 g/mol. The van der Waals surface area contributed by atoms with Crippen molar-refractivity contribution >= 4 is 44.8 Å². The fraction of sp³-hybridized carbons (Fsp3) is 0.310. The van der Waals surface area contributed by atoms with Crippen molar-refractivity contribution < 1.29 is 31.9 Å². The van der Waals surface area contributed by atoms with Crippen LogP contribution in [-0.4, -0.2) is 59.0 Å². The maximum absolute atomic E-state index is 14.0. The Labute approximate surface area is 243 Å². The molecule has 41 heavy (non-hydrogen) atoms. The zero-order valence-electron chi connectivity index (χ0n) is 22.7. The molecule has 4 rings (SSSR count). The van der Waals surface area contributed by atoms with Gasteiger partial charge in [0.05, 0.1) is 41.1 Å². The van der Waals surface area contributed by atoms with Gasteiger partial charge in [-0.15, -0.1) is 0 Å². The van der Waals surface area contributed by atoms with Crippen molar-refractivity contribution in [2.45, 2.75) is 30.6 Å². The quantitative estimate of drug-likeness (QED) is 0.354. The van der Waals surface area contributed by atoms with Crippen LogP contribution >= 0.6 is 11.6 Å². The van der Waals surface area contributed by atoms with Crippen molar-refractivity contribution in [3.8, 4) is 11.5 Å². The summed E-state index contributed by atoms with van der Waals surface area (Å²) >= 11 is 5.97. The number of nitrogens with zero attached hydrogens (tertiary/aromatic N) is 2. The van der Waals surface area contributed by atoms with E-state index in [1.165, 1.54) is 38.5 Å². The van der Waals surface area contributed by atoms with Crippen molar-refractivity contribution in [2.24, 2.45) is 0 Å². The predicted octanol–water partition coefficient (Wildman–Crippen LogP) is 5.35. The number of rotatable bonds is 9. The molecule has 0 bridgehead atoms. The molecule has 0 aliphatic carbocycles. The SMILES string of the molecule is COc1ccc(S(=O)(=O)N(CC(=O)Nc2ccccc2C(=O)N2CCCCCC2)c2ccc(F)c(Cl)c2)cc1OC. The number of para-hydroxylation sites is 1. The van der Waals surface area contributed by atoms with Crippen LogP contribution in [0.1, 0.15) is 36.0 Å². The molecule has 0 spiro atoms. The summed E-state index contributed by atoms with van der Waals surface area (Å²) in [5.74, 6) is -1.19. The summed E-state index contributed by atoms with van der Waals surface area (Å²) in [6.07, 6.45) is 3.92. The zero-order chi connectivity index (χ0) is 29.6. The van der Waals surface area contributed by atoms with Crippen molar-refractivity contribution in [3.63, 3.8) is 0 Å². The van der Waals surface area contributed by atoms with Crippen LogP contribution in [0.5, 0.6) is 11.5 Å². The summed E-state index contributed by atoms with van der Waals surface area (Å²) in [6.45, 7) is 0.568. The molecule has 0 unspecified atom stereocenters. The number of sulfonamides is 1. The van der Waals surface area contributed by atoms with Crippen LogP contribution in [0.3, 0.4) is 0 Å². The first-order chi connectivity index (χ1) is 19.6. The number of anilines is 2. The van der Waals surface area contributed by atoms with E-state index in [2.05, 4.69) is 5.32 Å². The maximum Gasteiger partial charge on any atom is 0.264 e. The second-order valence-corrected chi connectivity index (χ2v) is 11.7. The van der Waals surface area contributed by atoms with E-state index in [1.807, 2.05) is 0 Å². The highest BCUT2D eigenvalue weighted by molar-refractivity contribution is 7.92. The molecule has 9 nitrogen and oxygen atoms in total. The van der Waals surface area contributed by atoms with Gasteiger partial charge in [0.25, 0.3) is 15.9 Å². The minimum Gasteiger partial charge on any atom is -0.493 e. The number of halogens is 2. The highest BCUT2D eigenvalue weighted by atomic mass is 35.5. The summed E-state index contributed by atoms with van der Waals surface area (Å²) in [5, 5.41) is 2.38. The maximum atomic E-state index is 14.0. The van der Waals surface area contributed by atoms with Crippen LogP contribution in [0, 0.1) is 5.82 Å². The summed E-state index contributed by atoms with van der Waals surface area (Å²) in [5.41, 5.74) is 0.532. The molecule has 3 aromatic carbocycles. The number of carbonyl (C=O) groups is 2. The first kappa shape index (κ1) is 30.1. The summed E-state index contributed by atoms with van der Waals surface area (Å²) in [4.78, 5) is 28.3. The van der Waals surface area contributed by atoms with Gasteiger partial charge in [-0.05, 0) is 55.3 Å². The Bertz CT molecular complexity index is 1530. The van der Waals surface area contributed by atoms with Crippen LogP contribution in [0.4, 0.5) is 15.8 Å². The van der Waals surface area contributed by atoms with E-state index in [9.17, 15) is 22.4 Å². The van der Waals surface area contributed by atoms with Gasteiger partial charge in [0, 0.05) is 19.2 Å². The lowest BCUT2D eigenvalue weighted by atomic mass is 10.1. The summed E-state index contributed by atoms with van der Waals surface area (Å²) in [6, 6.07) is 13.9.